The van der Waals surface area contributed by atoms with Gasteiger partial charge in [0.25, 0.3) is 11.2 Å². The van der Waals surface area contributed by atoms with Crippen LogP contribution < -0.4 is 15.6 Å². The molecule has 0 saturated heterocycles. The summed E-state index contributed by atoms with van der Waals surface area (Å²) in [4.78, 5) is 35.0. The van der Waals surface area contributed by atoms with Crippen LogP contribution in [0.4, 0.5) is 11.4 Å². The molecule has 0 bridgehead atoms. The van der Waals surface area contributed by atoms with Crippen LogP contribution in [0.5, 0.6) is 5.75 Å². The molecule has 0 aliphatic heterocycles. The number of aromatic nitrogens is 1. The van der Waals surface area contributed by atoms with Crippen molar-refractivity contribution in [2.24, 2.45) is 0 Å². The number of hydrogen-bond acceptors (Lipinski definition) is 5. The Morgan fingerprint density at radius 3 is 2.58 bits per heavy atom. The molecule has 2 aromatic rings. The first kappa shape index (κ1) is 17.2. The van der Waals surface area contributed by atoms with Crippen LogP contribution in [0.1, 0.15) is 18.7 Å². The van der Waals surface area contributed by atoms with E-state index >= 15 is 0 Å². The molecule has 0 aliphatic carbocycles. The quantitative estimate of drug-likeness (QED) is 0.668. The van der Waals surface area contributed by atoms with E-state index in [0.29, 0.717) is 11.4 Å². The number of rotatable bonds is 5. The summed E-state index contributed by atoms with van der Waals surface area (Å²) in [5.74, 6) is -0.00800. The standard InChI is InChI=1S/C16H17N3O5/c1-10-13(19(22)23)8-9-15(20)18(10)11(2)16(21)17-12-6-4-5-7-14(12)24-3/h4-9,11H,1-3H3,(H,17,21). The lowest BCUT2D eigenvalue weighted by Gasteiger charge is -2.18. The van der Waals surface area contributed by atoms with Crippen LogP contribution in [0.2, 0.25) is 0 Å². The molecule has 1 aromatic carbocycles. The molecule has 2 rings (SSSR count). The SMILES string of the molecule is COc1ccccc1NC(=O)C(C)n1c(C)c([N+](=O)[O-])ccc1=O. The third-order valence-electron chi connectivity index (χ3n) is 3.68. The predicted octanol–water partition coefficient (Wildman–Crippen LogP) is 2.27. The van der Waals surface area contributed by atoms with E-state index in [1.54, 1.807) is 24.3 Å². The number of amides is 1. The van der Waals surface area contributed by atoms with Crippen molar-refractivity contribution in [2.75, 3.05) is 12.4 Å². The fraction of sp³-hybridized carbons (Fsp3) is 0.250. The van der Waals surface area contributed by atoms with Crippen molar-refractivity contribution >= 4 is 17.3 Å². The van der Waals surface area contributed by atoms with E-state index in [1.807, 2.05) is 0 Å². The molecule has 24 heavy (non-hydrogen) atoms. The normalized spacial score (nSPS) is 11.6. The van der Waals surface area contributed by atoms with E-state index in [0.717, 1.165) is 16.7 Å². The van der Waals surface area contributed by atoms with Gasteiger partial charge in [-0.1, -0.05) is 12.1 Å². The molecule has 0 spiro atoms. The molecule has 1 heterocycles. The van der Waals surface area contributed by atoms with Crippen LogP contribution in [0.3, 0.4) is 0 Å². The molecule has 1 unspecified atom stereocenters. The number of methoxy groups -OCH3 is 1. The van der Waals surface area contributed by atoms with Crippen LogP contribution in [-0.2, 0) is 4.79 Å². The molecule has 8 nitrogen and oxygen atoms in total. The zero-order valence-corrected chi connectivity index (χ0v) is 13.5. The van der Waals surface area contributed by atoms with Gasteiger partial charge in [0, 0.05) is 12.1 Å². The number of carbonyl (C=O) groups excluding carboxylic acids is 1. The minimum atomic E-state index is -0.928. The highest BCUT2D eigenvalue weighted by atomic mass is 16.6. The number of nitro groups is 1. The van der Waals surface area contributed by atoms with Crippen LogP contribution in [0.15, 0.2) is 41.2 Å². The number of hydrogen-bond donors (Lipinski definition) is 1. The first-order valence-electron chi connectivity index (χ1n) is 7.17. The number of carbonyl (C=O) groups is 1. The maximum absolute atomic E-state index is 12.5. The van der Waals surface area contributed by atoms with Crippen molar-refractivity contribution in [1.82, 2.24) is 4.57 Å². The van der Waals surface area contributed by atoms with Gasteiger partial charge in [0.2, 0.25) is 5.91 Å². The van der Waals surface area contributed by atoms with Gasteiger partial charge in [-0.2, -0.15) is 0 Å². The van der Waals surface area contributed by atoms with Crippen LogP contribution in [0, 0.1) is 17.0 Å². The monoisotopic (exact) mass is 331 g/mol. The minimum absolute atomic E-state index is 0.121. The summed E-state index contributed by atoms with van der Waals surface area (Å²) in [5, 5.41) is 13.7. The summed E-state index contributed by atoms with van der Waals surface area (Å²) in [7, 11) is 1.48. The highest BCUT2D eigenvalue weighted by Crippen LogP contribution is 2.25. The number of nitrogens with one attached hydrogen (secondary N) is 1. The van der Waals surface area contributed by atoms with Crippen molar-refractivity contribution in [3.05, 3.63) is 62.6 Å². The smallest absolute Gasteiger partial charge is 0.288 e. The highest BCUT2D eigenvalue weighted by Gasteiger charge is 2.23. The summed E-state index contributed by atoms with van der Waals surface area (Å²) < 4.78 is 6.26. The maximum Gasteiger partial charge on any atom is 0.288 e. The molecule has 126 valence electrons. The van der Waals surface area contributed by atoms with Crippen LogP contribution in [-0.4, -0.2) is 22.5 Å². The number of para-hydroxylation sites is 2. The van der Waals surface area contributed by atoms with E-state index < -0.39 is 22.4 Å². The van der Waals surface area contributed by atoms with Crippen molar-refractivity contribution in [3.63, 3.8) is 0 Å². The predicted molar refractivity (Wildman–Crippen MR) is 88.4 cm³/mol. The van der Waals surface area contributed by atoms with Gasteiger partial charge in [-0.25, -0.2) is 0 Å². The largest absolute Gasteiger partial charge is 0.495 e. The van der Waals surface area contributed by atoms with Gasteiger partial charge in [0.15, 0.2) is 0 Å². The Hall–Kier alpha value is -3.16. The van der Waals surface area contributed by atoms with Gasteiger partial charge in [-0.15, -0.1) is 0 Å². The Kier molecular flexibility index (Phi) is 4.98. The Morgan fingerprint density at radius 2 is 1.96 bits per heavy atom. The van der Waals surface area contributed by atoms with E-state index in [1.165, 1.54) is 21.0 Å². The molecular formula is C16H17N3O5. The molecule has 1 N–H and O–H groups in total. The minimum Gasteiger partial charge on any atom is -0.495 e. The molecule has 1 aromatic heterocycles. The molecule has 1 amide bonds. The Bertz CT molecular complexity index is 844. The number of nitrogens with zero attached hydrogens (tertiary/aromatic N) is 2. The number of anilines is 1. The molecule has 0 saturated carbocycles. The van der Waals surface area contributed by atoms with Gasteiger partial charge in [-0.3, -0.25) is 24.3 Å². The van der Waals surface area contributed by atoms with Gasteiger partial charge in [0.1, 0.15) is 11.8 Å². The summed E-state index contributed by atoms with van der Waals surface area (Å²) in [6.45, 7) is 2.94. The van der Waals surface area contributed by atoms with E-state index in [9.17, 15) is 19.7 Å². The lowest BCUT2D eigenvalue weighted by molar-refractivity contribution is -0.386. The van der Waals surface area contributed by atoms with Gasteiger partial charge >= 0.3 is 0 Å². The molecule has 0 fully saturated rings. The summed E-state index contributed by atoms with van der Waals surface area (Å²) in [6.07, 6.45) is 0. The second kappa shape index (κ2) is 6.95. The van der Waals surface area contributed by atoms with Gasteiger partial charge < -0.3 is 10.1 Å². The molecular weight excluding hydrogens is 314 g/mol. The molecule has 1 atom stereocenters. The zero-order valence-electron chi connectivity index (χ0n) is 13.5. The second-order valence-electron chi connectivity index (χ2n) is 5.13. The average Bonchev–Trinajstić information content (AvgIpc) is 2.54. The Labute approximate surface area is 137 Å². The Balaban J connectivity index is 2.37. The van der Waals surface area contributed by atoms with Crippen molar-refractivity contribution in [3.8, 4) is 5.75 Å². The van der Waals surface area contributed by atoms with Gasteiger partial charge in [0.05, 0.1) is 23.4 Å². The lowest BCUT2D eigenvalue weighted by atomic mass is 10.2. The first-order chi connectivity index (χ1) is 11.4. The molecule has 8 heteroatoms. The fourth-order valence-electron chi connectivity index (χ4n) is 2.42. The maximum atomic E-state index is 12.5. The fourth-order valence-corrected chi connectivity index (χ4v) is 2.42. The zero-order chi connectivity index (χ0) is 17.9. The number of ether oxygens (including phenoxy) is 1. The summed E-state index contributed by atoms with van der Waals surface area (Å²) in [6, 6.07) is 8.12. The number of pyridine rings is 1. The van der Waals surface area contributed by atoms with Crippen LogP contribution >= 0.6 is 0 Å². The van der Waals surface area contributed by atoms with Crippen molar-refractivity contribution < 1.29 is 14.5 Å². The lowest BCUT2D eigenvalue weighted by Crippen LogP contribution is -2.33. The molecule has 0 radical (unpaired) electrons. The summed E-state index contributed by atoms with van der Waals surface area (Å²) in [5.41, 5.74) is -0.129. The number of benzene rings is 1. The van der Waals surface area contributed by atoms with E-state index in [4.69, 9.17) is 4.74 Å². The topological polar surface area (TPSA) is 103 Å². The van der Waals surface area contributed by atoms with Crippen molar-refractivity contribution in [1.29, 1.82) is 0 Å². The third kappa shape index (κ3) is 3.27. The third-order valence-corrected chi connectivity index (χ3v) is 3.68. The summed E-state index contributed by atoms with van der Waals surface area (Å²) >= 11 is 0. The Morgan fingerprint density at radius 1 is 1.29 bits per heavy atom. The highest BCUT2D eigenvalue weighted by molar-refractivity contribution is 5.94. The van der Waals surface area contributed by atoms with Gasteiger partial charge in [-0.05, 0) is 26.0 Å². The van der Waals surface area contributed by atoms with Crippen LogP contribution in [0.25, 0.3) is 0 Å². The van der Waals surface area contributed by atoms with E-state index in [-0.39, 0.29) is 11.4 Å². The van der Waals surface area contributed by atoms with Crippen molar-refractivity contribution in [2.45, 2.75) is 19.9 Å². The molecule has 0 aliphatic rings. The second-order valence-corrected chi connectivity index (χ2v) is 5.13. The van der Waals surface area contributed by atoms with E-state index in [2.05, 4.69) is 5.32 Å². The average molecular weight is 331 g/mol. The first-order valence-corrected chi connectivity index (χ1v) is 7.17.